The zero-order valence-corrected chi connectivity index (χ0v) is 6.18. The summed E-state index contributed by atoms with van der Waals surface area (Å²) in [6.07, 6.45) is 4.97. The normalized spacial score (nSPS) is 13.7. The number of hydrogen-bond donors (Lipinski definition) is 1. The van der Waals surface area contributed by atoms with Crippen LogP contribution in [0.4, 0.5) is 0 Å². The fourth-order valence-corrected chi connectivity index (χ4v) is 0.433. The molecule has 0 atom stereocenters. The van der Waals surface area contributed by atoms with Gasteiger partial charge in [-0.1, -0.05) is 0 Å². The lowest BCUT2D eigenvalue weighted by Gasteiger charge is -1.89. The second-order valence-electron chi connectivity index (χ2n) is 1.86. The SMILES string of the molecule is C/C=C(/C)[N+](C)=CC=N. The predicted molar refractivity (Wildman–Crippen MR) is 40.5 cm³/mol. The van der Waals surface area contributed by atoms with E-state index in [1.165, 1.54) is 6.21 Å². The van der Waals surface area contributed by atoms with E-state index >= 15 is 0 Å². The molecule has 0 aromatic heterocycles. The Labute approximate surface area is 56.0 Å². The van der Waals surface area contributed by atoms with Gasteiger partial charge < -0.3 is 5.41 Å². The van der Waals surface area contributed by atoms with Crippen molar-refractivity contribution in [3.8, 4) is 0 Å². The van der Waals surface area contributed by atoms with Gasteiger partial charge in [0.2, 0.25) is 0 Å². The third-order valence-corrected chi connectivity index (χ3v) is 1.27. The summed E-state index contributed by atoms with van der Waals surface area (Å²) in [5.41, 5.74) is 1.15. The van der Waals surface area contributed by atoms with Gasteiger partial charge in [-0.05, 0) is 13.0 Å². The van der Waals surface area contributed by atoms with Crippen molar-refractivity contribution in [1.29, 1.82) is 5.41 Å². The van der Waals surface area contributed by atoms with E-state index in [1.54, 1.807) is 6.21 Å². The highest BCUT2D eigenvalue weighted by Crippen LogP contribution is 1.88. The first-order chi connectivity index (χ1) is 4.22. The number of allylic oxidation sites excluding steroid dienone is 2. The van der Waals surface area contributed by atoms with Crippen molar-refractivity contribution in [2.24, 2.45) is 0 Å². The Kier molecular flexibility index (Phi) is 3.60. The van der Waals surface area contributed by atoms with Crippen molar-refractivity contribution >= 4 is 12.4 Å². The van der Waals surface area contributed by atoms with E-state index in [9.17, 15) is 0 Å². The summed E-state index contributed by atoms with van der Waals surface area (Å²) in [5.74, 6) is 0. The molecule has 50 valence electrons. The molecule has 0 aromatic carbocycles. The highest BCUT2D eigenvalue weighted by atomic mass is 15.0. The third kappa shape index (κ3) is 2.80. The van der Waals surface area contributed by atoms with E-state index in [1.807, 2.05) is 31.5 Å². The summed E-state index contributed by atoms with van der Waals surface area (Å²) in [4.78, 5) is 0. The summed E-state index contributed by atoms with van der Waals surface area (Å²) in [5, 5.41) is 6.75. The van der Waals surface area contributed by atoms with E-state index in [0.717, 1.165) is 5.70 Å². The second kappa shape index (κ2) is 4.01. The second-order valence-corrected chi connectivity index (χ2v) is 1.86. The Bertz CT molecular complexity index is 154. The van der Waals surface area contributed by atoms with E-state index in [4.69, 9.17) is 5.41 Å². The molecule has 0 heterocycles. The molecule has 0 aliphatic heterocycles. The molecule has 0 aromatic rings. The molecular formula is C7H13N2+. The molecule has 2 heteroatoms. The molecule has 2 nitrogen and oxygen atoms in total. The van der Waals surface area contributed by atoms with Crippen LogP contribution < -0.4 is 0 Å². The van der Waals surface area contributed by atoms with Gasteiger partial charge in [0.25, 0.3) is 0 Å². The van der Waals surface area contributed by atoms with Gasteiger partial charge in [0.1, 0.15) is 7.05 Å². The van der Waals surface area contributed by atoms with Crippen LogP contribution in [0.3, 0.4) is 0 Å². The molecule has 9 heavy (non-hydrogen) atoms. The van der Waals surface area contributed by atoms with Crippen molar-refractivity contribution in [2.45, 2.75) is 13.8 Å². The average Bonchev–Trinajstić information content (AvgIpc) is 1.87. The molecule has 0 fully saturated rings. The highest BCUT2D eigenvalue weighted by molar-refractivity contribution is 6.11. The first-order valence-corrected chi connectivity index (χ1v) is 2.92. The van der Waals surface area contributed by atoms with E-state index in [2.05, 4.69) is 0 Å². The van der Waals surface area contributed by atoms with Crippen LogP contribution >= 0.6 is 0 Å². The van der Waals surface area contributed by atoms with E-state index in [0.29, 0.717) is 0 Å². The molecule has 0 radical (unpaired) electrons. The maximum Gasteiger partial charge on any atom is 0.186 e. The zero-order valence-electron chi connectivity index (χ0n) is 6.18. The number of hydrogen-bond acceptors (Lipinski definition) is 1. The zero-order chi connectivity index (χ0) is 7.28. The number of nitrogens with one attached hydrogen (secondary N) is 1. The number of nitrogens with zero attached hydrogens (tertiary/aromatic N) is 1. The van der Waals surface area contributed by atoms with E-state index in [-0.39, 0.29) is 0 Å². The van der Waals surface area contributed by atoms with Crippen LogP contribution in [0.2, 0.25) is 0 Å². The standard InChI is InChI=1S/C7H13N2/c1-4-7(2)9(3)6-5-8/h4-6,8H,1-3H3/q+1/b7-4-,8-5?,9-6?. The van der Waals surface area contributed by atoms with Crippen molar-refractivity contribution in [2.75, 3.05) is 7.05 Å². The van der Waals surface area contributed by atoms with Gasteiger partial charge in [-0.2, -0.15) is 0 Å². The number of rotatable bonds is 2. The largest absolute Gasteiger partial charge is 0.303 e. The lowest BCUT2D eigenvalue weighted by atomic mass is 10.4. The molecule has 0 rings (SSSR count). The van der Waals surface area contributed by atoms with Gasteiger partial charge >= 0.3 is 0 Å². The van der Waals surface area contributed by atoms with Gasteiger partial charge in [0.15, 0.2) is 11.9 Å². The van der Waals surface area contributed by atoms with Crippen LogP contribution in [0.1, 0.15) is 13.8 Å². The van der Waals surface area contributed by atoms with Crippen LogP contribution in [0.15, 0.2) is 11.8 Å². The quantitative estimate of drug-likeness (QED) is 0.425. The van der Waals surface area contributed by atoms with Gasteiger partial charge in [0.05, 0.1) is 6.21 Å². The van der Waals surface area contributed by atoms with Gasteiger partial charge in [0, 0.05) is 6.92 Å². The van der Waals surface area contributed by atoms with E-state index < -0.39 is 0 Å². The van der Waals surface area contributed by atoms with Crippen LogP contribution in [-0.2, 0) is 0 Å². The maximum atomic E-state index is 6.75. The molecule has 0 amide bonds. The molecule has 0 aliphatic rings. The highest BCUT2D eigenvalue weighted by Gasteiger charge is 1.93. The van der Waals surface area contributed by atoms with Crippen LogP contribution in [0, 0.1) is 5.41 Å². The summed E-state index contributed by atoms with van der Waals surface area (Å²) < 4.78 is 1.90. The topological polar surface area (TPSA) is 26.9 Å². The minimum atomic E-state index is 1.15. The molecule has 0 aliphatic carbocycles. The third-order valence-electron chi connectivity index (χ3n) is 1.27. The molecule has 0 unspecified atom stereocenters. The van der Waals surface area contributed by atoms with Crippen LogP contribution in [0.25, 0.3) is 0 Å². The minimum absolute atomic E-state index is 1.15. The fourth-order valence-electron chi connectivity index (χ4n) is 0.433. The molecule has 0 bridgehead atoms. The Balaban J connectivity index is 4.19. The smallest absolute Gasteiger partial charge is 0.186 e. The Morgan fingerprint density at radius 1 is 1.56 bits per heavy atom. The summed E-state index contributed by atoms with van der Waals surface area (Å²) in [6, 6.07) is 0. The molecule has 1 N–H and O–H groups in total. The Morgan fingerprint density at radius 3 is 2.44 bits per heavy atom. The molecule has 0 saturated carbocycles. The summed E-state index contributed by atoms with van der Waals surface area (Å²) >= 11 is 0. The van der Waals surface area contributed by atoms with Gasteiger partial charge in [-0.3, -0.25) is 0 Å². The maximum absolute atomic E-state index is 6.75. The predicted octanol–water partition coefficient (Wildman–Crippen LogP) is 1.27. The van der Waals surface area contributed by atoms with Gasteiger partial charge in [-0.15, -0.1) is 0 Å². The average molecular weight is 125 g/mol. The van der Waals surface area contributed by atoms with Crippen molar-refractivity contribution in [3.63, 3.8) is 0 Å². The van der Waals surface area contributed by atoms with Crippen LogP contribution in [0.5, 0.6) is 0 Å². The summed E-state index contributed by atoms with van der Waals surface area (Å²) in [6.45, 7) is 3.98. The first-order valence-electron chi connectivity index (χ1n) is 2.92. The monoisotopic (exact) mass is 125 g/mol. The Hall–Kier alpha value is -0.920. The first kappa shape index (κ1) is 8.08. The fraction of sp³-hybridized carbons (Fsp3) is 0.429. The molecule has 0 spiro atoms. The van der Waals surface area contributed by atoms with Crippen molar-refractivity contribution < 1.29 is 4.58 Å². The molecular weight excluding hydrogens is 112 g/mol. The lowest BCUT2D eigenvalue weighted by molar-refractivity contribution is -0.436. The van der Waals surface area contributed by atoms with Crippen molar-refractivity contribution in [3.05, 3.63) is 11.8 Å². The lowest BCUT2D eigenvalue weighted by Crippen LogP contribution is -2.03. The Morgan fingerprint density at radius 2 is 2.11 bits per heavy atom. The van der Waals surface area contributed by atoms with Gasteiger partial charge in [-0.25, -0.2) is 4.58 Å². The van der Waals surface area contributed by atoms with Crippen molar-refractivity contribution in [1.82, 2.24) is 0 Å². The molecule has 0 saturated heterocycles. The minimum Gasteiger partial charge on any atom is -0.303 e. The van der Waals surface area contributed by atoms with Crippen LogP contribution in [-0.4, -0.2) is 24.1 Å². The summed E-state index contributed by atoms with van der Waals surface area (Å²) in [7, 11) is 1.92.